The van der Waals surface area contributed by atoms with Crippen molar-refractivity contribution in [2.45, 2.75) is 26.3 Å². The Balaban J connectivity index is 0.00000289. The monoisotopic (exact) mass is 272 g/mol. The van der Waals surface area contributed by atoms with E-state index in [0.29, 0.717) is 26.1 Å². The summed E-state index contributed by atoms with van der Waals surface area (Å²) in [6.07, 6.45) is 1.21. The van der Waals surface area contributed by atoms with Gasteiger partial charge in [-0.2, -0.15) is 0 Å². The van der Waals surface area contributed by atoms with E-state index in [2.05, 4.69) is 5.32 Å². The molecule has 0 saturated carbocycles. The first-order valence-electron chi connectivity index (χ1n) is 5.94. The Morgan fingerprint density at radius 2 is 2.22 bits per heavy atom. The Labute approximate surface area is 114 Å². The highest BCUT2D eigenvalue weighted by Crippen LogP contribution is 2.12. The van der Waals surface area contributed by atoms with Crippen molar-refractivity contribution >= 4 is 18.3 Å². The first-order valence-corrected chi connectivity index (χ1v) is 5.94. The van der Waals surface area contributed by atoms with Gasteiger partial charge in [0.25, 0.3) is 0 Å². The topological polar surface area (TPSA) is 64.3 Å². The van der Waals surface area contributed by atoms with E-state index in [1.54, 1.807) is 0 Å². The number of benzene rings is 1. The number of amides is 1. The van der Waals surface area contributed by atoms with E-state index in [1.807, 2.05) is 31.2 Å². The number of nitrogens with one attached hydrogen (secondary N) is 1. The van der Waals surface area contributed by atoms with E-state index < -0.39 is 0 Å². The van der Waals surface area contributed by atoms with E-state index >= 15 is 0 Å². The van der Waals surface area contributed by atoms with E-state index in [4.69, 9.17) is 10.5 Å². The normalized spacial score (nSPS) is 9.44. The number of rotatable bonds is 7. The minimum atomic E-state index is 0. The molecular weight excluding hydrogens is 252 g/mol. The van der Waals surface area contributed by atoms with Crippen LogP contribution in [0.2, 0.25) is 0 Å². The van der Waals surface area contributed by atoms with Crippen molar-refractivity contribution in [3.63, 3.8) is 0 Å². The second kappa shape index (κ2) is 9.74. The van der Waals surface area contributed by atoms with Gasteiger partial charge in [-0.15, -0.1) is 12.4 Å². The van der Waals surface area contributed by atoms with Gasteiger partial charge in [0.2, 0.25) is 5.91 Å². The fraction of sp³-hybridized carbons (Fsp3) is 0.462. The Kier molecular flexibility index (Phi) is 9.06. The van der Waals surface area contributed by atoms with Gasteiger partial charge in [-0.1, -0.05) is 12.1 Å². The number of hydrogen-bond donors (Lipinski definition) is 2. The average molecular weight is 273 g/mol. The van der Waals surface area contributed by atoms with Gasteiger partial charge in [0.1, 0.15) is 5.75 Å². The molecule has 0 aliphatic heterocycles. The molecule has 1 rings (SSSR count). The maximum Gasteiger partial charge on any atom is 0.220 e. The molecule has 0 unspecified atom stereocenters. The van der Waals surface area contributed by atoms with E-state index in [1.165, 1.54) is 0 Å². The SMILES string of the molecule is CCOc1cccc(CNC(=O)CCCN)c1.Cl. The first kappa shape index (κ1) is 16.7. The molecule has 0 saturated heterocycles. The Morgan fingerprint density at radius 1 is 1.44 bits per heavy atom. The number of halogens is 1. The third-order valence-corrected chi connectivity index (χ3v) is 2.31. The molecule has 18 heavy (non-hydrogen) atoms. The number of nitrogens with two attached hydrogens (primary N) is 1. The molecule has 4 nitrogen and oxygen atoms in total. The maximum absolute atomic E-state index is 11.4. The number of ether oxygens (including phenoxy) is 1. The van der Waals surface area contributed by atoms with Crippen LogP contribution in [0.3, 0.4) is 0 Å². The molecule has 1 aromatic rings. The van der Waals surface area contributed by atoms with Gasteiger partial charge in [-0.25, -0.2) is 0 Å². The van der Waals surface area contributed by atoms with Crippen LogP contribution in [0, 0.1) is 0 Å². The minimum absolute atomic E-state index is 0. The van der Waals surface area contributed by atoms with Crippen LogP contribution >= 0.6 is 12.4 Å². The van der Waals surface area contributed by atoms with Crippen LogP contribution in [0.25, 0.3) is 0 Å². The highest BCUT2D eigenvalue weighted by atomic mass is 35.5. The standard InChI is InChI=1S/C13H20N2O2.ClH/c1-2-17-12-6-3-5-11(9-12)10-15-13(16)7-4-8-14;/h3,5-6,9H,2,4,7-8,10,14H2,1H3,(H,15,16);1H. The summed E-state index contributed by atoms with van der Waals surface area (Å²) in [6, 6.07) is 7.73. The molecule has 0 aliphatic carbocycles. The zero-order chi connectivity index (χ0) is 12.5. The third kappa shape index (κ3) is 6.47. The van der Waals surface area contributed by atoms with Crippen molar-refractivity contribution in [1.82, 2.24) is 5.32 Å². The van der Waals surface area contributed by atoms with Crippen LogP contribution in [-0.4, -0.2) is 19.1 Å². The summed E-state index contributed by atoms with van der Waals surface area (Å²) < 4.78 is 5.39. The molecule has 1 amide bonds. The van der Waals surface area contributed by atoms with Crippen molar-refractivity contribution in [2.75, 3.05) is 13.2 Å². The highest BCUT2D eigenvalue weighted by Gasteiger charge is 2.01. The van der Waals surface area contributed by atoms with E-state index in [9.17, 15) is 4.79 Å². The number of carbonyl (C=O) groups is 1. The molecule has 102 valence electrons. The van der Waals surface area contributed by atoms with Gasteiger partial charge in [0.15, 0.2) is 0 Å². The molecular formula is C13H21ClN2O2. The summed E-state index contributed by atoms with van der Waals surface area (Å²) in [4.78, 5) is 11.4. The second-order valence-corrected chi connectivity index (χ2v) is 3.75. The first-order chi connectivity index (χ1) is 8.26. The lowest BCUT2D eigenvalue weighted by molar-refractivity contribution is -0.121. The number of hydrogen-bond acceptors (Lipinski definition) is 3. The smallest absolute Gasteiger partial charge is 0.220 e. The molecule has 0 radical (unpaired) electrons. The molecule has 0 heterocycles. The maximum atomic E-state index is 11.4. The van der Waals surface area contributed by atoms with Gasteiger partial charge >= 0.3 is 0 Å². The fourth-order valence-electron chi connectivity index (χ4n) is 1.46. The molecule has 3 N–H and O–H groups in total. The average Bonchev–Trinajstić information content (AvgIpc) is 2.35. The van der Waals surface area contributed by atoms with Crippen LogP contribution in [0.5, 0.6) is 5.75 Å². The summed E-state index contributed by atoms with van der Waals surface area (Å²) in [5, 5.41) is 2.85. The molecule has 0 fully saturated rings. The predicted molar refractivity (Wildman–Crippen MR) is 75.0 cm³/mol. The molecule has 0 spiro atoms. The van der Waals surface area contributed by atoms with Crippen molar-refractivity contribution < 1.29 is 9.53 Å². The molecule has 0 bridgehead atoms. The van der Waals surface area contributed by atoms with Crippen LogP contribution in [0.1, 0.15) is 25.3 Å². The molecule has 0 atom stereocenters. The van der Waals surface area contributed by atoms with Gasteiger partial charge < -0.3 is 15.8 Å². The molecule has 0 aromatic heterocycles. The fourth-order valence-corrected chi connectivity index (χ4v) is 1.46. The summed E-state index contributed by atoms with van der Waals surface area (Å²) >= 11 is 0. The summed E-state index contributed by atoms with van der Waals surface area (Å²) in [5.74, 6) is 0.874. The van der Waals surface area contributed by atoms with Gasteiger partial charge in [-0.3, -0.25) is 4.79 Å². The van der Waals surface area contributed by atoms with Crippen molar-refractivity contribution in [3.8, 4) is 5.75 Å². The summed E-state index contributed by atoms with van der Waals surface area (Å²) in [6.45, 7) is 3.67. The molecule has 1 aromatic carbocycles. The van der Waals surface area contributed by atoms with E-state index in [0.717, 1.165) is 17.7 Å². The largest absolute Gasteiger partial charge is 0.494 e. The van der Waals surface area contributed by atoms with Gasteiger partial charge in [0, 0.05) is 13.0 Å². The van der Waals surface area contributed by atoms with Crippen LogP contribution < -0.4 is 15.8 Å². The van der Waals surface area contributed by atoms with Gasteiger partial charge in [-0.05, 0) is 37.6 Å². The van der Waals surface area contributed by atoms with Crippen molar-refractivity contribution in [2.24, 2.45) is 5.73 Å². The quantitative estimate of drug-likeness (QED) is 0.796. The molecule has 0 aliphatic rings. The summed E-state index contributed by atoms with van der Waals surface area (Å²) in [7, 11) is 0. The van der Waals surface area contributed by atoms with Gasteiger partial charge in [0.05, 0.1) is 6.61 Å². The van der Waals surface area contributed by atoms with Crippen molar-refractivity contribution in [3.05, 3.63) is 29.8 Å². The van der Waals surface area contributed by atoms with Crippen LogP contribution in [-0.2, 0) is 11.3 Å². The molecule has 5 heteroatoms. The zero-order valence-corrected chi connectivity index (χ0v) is 11.5. The predicted octanol–water partition coefficient (Wildman–Crippen LogP) is 1.86. The zero-order valence-electron chi connectivity index (χ0n) is 10.6. The minimum Gasteiger partial charge on any atom is -0.494 e. The Morgan fingerprint density at radius 3 is 2.89 bits per heavy atom. The number of carbonyl (C=O) groups excluding carboxylic acids is 1. The Bertz CT molecular complexity index is 359. The summed E-state index contributed by atoms with van der Waals surface area (Å²) in [5.41, 5.74) is 6.38. The second-order valence-electron chi connectivity index (χ2n) is 3.75. The lowest BCUT2D eigenvalue weighted by Crippen LogP contribution is -2.23. The lowest BCUT2D eigenvalue weighted by atomic mass is 10.2. The van der Waals surface area contributed by atoms with Crippen LogP contribution in [0.4, 0.5) is 0 Å². The third-order valence-electron chi connectivity index (χ3n) is 2.31. The van der Waals surface area contributed by atoms with Crippen LogP contribution in [0.15, 0.2) is 24.3 Å². The van der Waals surface area contributed by atoms with E-state index in [-0.39, 0.29) is 18.3 Å². The lowest BCUT2D eigenvalue weighted by Gasteiger charge is -2.07. The Hall–Kier alpha value is -1.26. The highest BCUT2D eigenvalue weighted by molar-refractivity contribution is 5.85. The van der Waals surface area contributed by atoms with Crippen molar-refractivity contribution in [1.29, 1.82) is 0 Å².